The molecule has 8 nitrogen and oxygen atoms in total. The number of anilines is 2. The van der Waals surface area contributed by atoms with Crippen LogP contribution < -0.4 is 15.5 Å². The lowest BCUT2D eigenvalue weighted by Gasteiger charge is -2.38. The molecule has 0 saturated carbocycles. The molecule has 0 aliphatic carbocycles. The predicted octanol–water partition coefficient (Wildman–Crippen LogP) is 2.95. The van der Waals surface area contributed by atoms with Crippen LogP contribution in [0.15, 0.2) is 48.5 Å². The van der Waals surface area contributed by atoms with Gasteiger partial charge in [0.05, 0.1) is 30.6 Å². The van der Waals surface area contributed by atoms with Crippen molar-refractivity contribution in [1.82, 2.24) is 10.2 Å². The monoisotopic (exact) mass is 510 g/mol. The maximum Gasteiger partial charge on any atom is 0.258 e. The standard InChI is InChI=1S/C27H34N4O4S/c32-25(28-18-22-7-4-14-35-22)19-36-27-29-24-9-8-21(30-12-15-34-16-13-30)17-23(24)26(33)31(27)11-10-20-5-2-1-3-6-20/h1-3,5-6,8-9,17,22,27,29H,4,7,10-16,18-19H2,(H,28,32). The lowest BCUT2D eigenvalue weighted by molar-refractivity contribution is -0.119. The zero-order chi connectivity index (χ0) is 24.7. The van der Waals surface area contributed by atoms with Crippen molar-refractivity contribution < 1.29 is 19.1 Å². The zero-order valence-electron chi connectivity index (χ0n) is 20.5. The summed E-state index contributed by atoms with van der Waals surface area (Å²) in [6, 6.07) is 16.2. The van der Waals surface area contributed by atoms with Crippen LogP contribution in [0, 0.1) is 0 Å². The minimum atomic E-state index is -0.323. The quantitative estimate of drug-likeness (QED) is 0.537. The van der Waals surface area contributed by atoms with Crippen LogP contribution in [-0.4, -0.2) is 80.1 Å². The maximum absolute atomic E-state index is 13.7. The van der Waals surface area contributed by atoms with Crippen molar-refractivity contribution in [3.05, 3.63) is 59.7 Å². The number of nitrogens with one attached hydrogen (secondary N) is 2. The molecule has 2 unspecified atom stereocenters. The number of rotatable bonds is 9. The van der Waals surface area contributed by atoms with E-state index >= 15 is 0 Å². The molecular weight excluding hydrogens is 476 g/mol. The smallest absolute Gasteiger partial charge is 0.258 e. The number of morpholine rings is 1. The van der Waals surface area contributed by atoms with Crippen LogP contribution in [0.2, 0.25) is 0 Å². The Morgan fingerprint density at radius 2 is 1.94 bits per heavy atom. The number of nitrogens with zero attached hydrogens (tertiary/aromatic N) is 2. The van der Waals surface area contributed by atoms with Crippen LogP contribution in [0.5, 0.6) is 0 Å². The van der Waals surface area contributed by atoms with Crippen molar-refractivity contribution in [3.8, 4) is 0 Å². The van der Waals surface area contributed by atoms with E-state index in [1.54, 1.807) is 0 Å². The van der Waals surface area contributed by atoms with Gasteiger partial charge in [-0.15, -0.1) is 11.8 Å². The van der Waals surface area contributed by atoms with E-state index in [0.29, 0.717) is 31.9 Å². The lowest BCUT2D eigenvalue weighted by atomic mass is 10.1. The van der Waals surface area contributed by atoms with Gasteiger partial charge in [-0.2, -0.15) is 0 Å². The minimum Gasteiger partial charge on any atom is -0.378 e. The van der Waals surface area contributed by atoms with Gasteiger partial charge in [-0.1, -0.05) is 30.3 Å². The van der Waals surface area contributed by atoms with Gasteiger partial charge in [0.2, 0.25) is 5.91 Å². The second-order valence-corrected chi connectivity index (χ2v) is 10.4. The number of carbonyl (C=O) groups excluding carboxylic acids is 2. The van der Waals surface area contributed by atoms with E-state index in [2.05, 4.69) is 33.7 Å². The molecule has 2 fully saturated rings. The van der Waals surface area contributed by atoms with Gasteiger partial charge in [-0.25, -0.2) is 0 Å². The maximum atomic E-state index is 13.7. The fourth-order valence-electron chi connectivity index (χ4n) is 4.81. The van der Waals surface area contributed by atoms with Gasteiger partial charge in [0.1, 0.15) is 0 Å². The van der Waals surface area contributed by atoms with Gasteiger partial charge in [0.25, 0.3) is 5.91 Å². The topological polar surface area (TPSA) is 83.1 Å². The Balaban J connectivity index is 1.28. The third-order valence-electron chi connectivity index (χ3n) is 6.84. The molecule has 2 atom stereocenters. The van der Waals surface area contributed by atoms with Crippen molar-refractivity contribution in [2.75, 3.05) is 62.0 Å². The molecular formula is C27H34N4O4S. The van der Waals surface area contributed by atoms with Gasteiger partial charge in [0.15, 0.2) is 5.50 Å². The van der Waals surface area contributed by atoms with E-state index in [9.17, 15) is 9.59 Å². The van der Waals surface area contributed by atoms with Crippen molar-refractivity contribution in [1.29, 1.82) is 0 Å². The Morgan fingerprint density at radius 1 is 1.11 bits per heavy atom. The molecule has 192 valence electrons. The number of hydrogen-bond donors (Lipinski definition) is 2. The molecule has 2 saturated heterocycles. The molecule has 2 N–H and O–H groups in total. The summed E-state index contributed by atoms with van der Waals surface area (Å²) in [5.41, 5.74) is 3.37. The Hall–Kier alpha value is -2.75. The average Bonchev–Trinajstić information content (AvgIpc) is 3.45. The molecule has 0 spiro atoms. The Bertz CT molecular complexity index is 1040. The van der Waals surface area contributed by atoms with Gasteiger partial charge < -0.3 is 29.9 Å². The number of carbonyl (C=O) groups is 2. The van der Waals surface area contributed by atoms with Gasteiger partial charge in [-0.05, 0) is 43.0 Å². The Kier molecular flexibility index (Phi) is 8.30. The second-order valence-electron chi connectivity index (χ2n) is 9.31. The van der Waals surface area contributed by atoms with Crippen LogP contribution in [-0.2, 0) is 20.7 Å². The number of fused-ring (bicyclic) bond motifs is 1. The van der Waals surface area contributed by atoms with Crippen LogP contribution in [0.1, 0.15) is 28.8 Å². The first-order valence-electron chi connectivity index (χ1n) is 12.8. The number of benzene rings is 2. The summed E-state index contributed by atoms with van der Waals surface area (Å²) in [6.45, 7) is 4.90. The van der Waals surface area contributed by atoms with Gasteiger partial charge in [0, 0.05) is 44.2 Å². The third-order valence-corrected chi connectivity index (χ3v) is 7.96. The van der Waals surface area contributed by atoms with Crippen LogP contribution in [0.25, 0.3) is 0 Å². The van der Waals surface area contributed by atoms with Crippen LogP contribution >= 0.6 is 11.8 Å². The summed E-state index contributed by atoms with van der Waals surface area (Å²) >= 11 is 1.44. The molecule has 3 aliphatic heterocycles. The van der Waals surface area contributed by atoms with E-state index < -0.39 is 0 Å². The highest BCUT2D eigenvalue weighted by atomic mass is 32.2. The highest BCUT2D eigenvalue weighted by Crippen LogP contribution is 2.33. The van der Waals surface area contributed by atoms with Gasteiger partial charge in [-0.3, -0.25) is 9.59 Å². The zero-order valence-corrected chi connectivity index (χ0v) is 21.3. The average molecular weight is 511 g/mol. The molecule has 3 aliphatic rings. The molecule has 0 radical (unpaired) electrons. The second kappa shape index (κ2) is 12.0. The Labute approximate surface area is 216 Å². The number of hydrogen-bond acceptors (Lipinski definition) is 7. The SMILES string of the molecule is O=C(CSC1Nc2ccc(N3CCOCC3)cc2C(=O)N1CCc1ccccc1)NCC1CCCO1. The van der Waals surface area contributed by atoms with Crippen molar-refractivity contribution >= 4 is 35.0 Å². The van der Waals surface area contributed by atoms with E-state index in [4.69, 9.17) is 9.47 Å². The fourth-order valence-corrected chi connectivity index (χ4v) is 5.81. The largest absolute Gasteiger partial charge is 0.378 e. The molecule has 0 aromatic heterocycles. The molecule has 0 bridgehead atoms. The lowest BCUT2D eigenvalue weighted by Crippen LogP contribution is -2.48. The molecule has 2 aromatic rings. The van der Waals surface area contributed by atoms with E-state index in [0.717, 1.165) is 50.3 Å². The molecule has 2 amide bonds. The molecule has 2 aromatic carbocycles. The van der Waals surface area contributed by atoms with Gasteiger partial charge >= 0.3 is 0 Å². The summed E-state index contributed by atoms with van der Waals surface area (Å²) < 4.78 is 11.1. The van der Waals surface area contributed by atoms with Crippen molar-refractivity contribution in [2.24, 2.45) is 0 Å². The first-order chi connectivity index (χ1) is 17.7. The molecule has 36 heavy (non-hydrogen) atoms. The number of ether oxygens (including phenoxy) is 2. The molecule has 3 heterocycles. The summed E-state index contributed by atoms with van der Waals surface area (Å²) in [5, 5.41) is 6.50. The highest BCUT2D eigenvalue weighted by molar-refractivity contribution is 8.00. The predicted molar refractivity (Wildman–Crippen MR) is 143 cm³/mol. The van der Waals surface area contributed by atoms with Crippen LogP contribution in [0.4, 0.5) is 11.4 Å². The summed E-state index contributed by atoms with van der Waals surface area (Å²) in [4.78, 5) is 30.4. The first kappa shape index (κ1) is 24.9. The highest BCUT2D eigenvalue weighted by Gasteiger charge is 2.33. The Morgan fingerprint density at radius 3 is 2.72 bits per heavy atom. The molecule has 5 rings (SSSR count). The van der Waals surface area contributed by atoms with E-state index in [1.165, 1.54) is 17.3 Å². The van der Waals surface area contributed by atoms with E-state index in [-0.39, 0.29) is 29.2 Å². The van der Waals surface area contributed by atoms with Crippen molar-refractivity contribution in [2.45, 2.75) is 30.9 Å². The number of amides is 2. The summed E-state index contributed by atoms with van der Waals surface area (Å²) in [5.74, 6) is 0.217. The summed E-state index contributed by atoms with van der Waals surface area (Å²) in [7, 11) is 0. The minimum absolute atomic E-state index is 0.00736. The summed E-state index contributed by atoms with van der Waals surface area (Å²) in [6.07, 6.45) is 2.90. The molecule has 9 heteroatoms. The third kappa shape index (κ3) is 6.14. The number of thioether (sulfide) groups is 1. The first-order valence-corrected chi connectivity index (χ1v) is 13.8. The van der Waals surface area contributed by atoms with E-state index in [1.807, 2.05) is 35.2 Å². The van der Waals surface area contributed by atoms with Crippen LogP contribution in [0.3, 0.4) is 0 Å². The van der Waals surface area contributed by atoms with Crippen molar-refractivity contribution in [3.63, 3.8) is 0 Å². The normalized spacial score (nSPS) is 21.7. The fraction of sp³-hybridized carbons (Fsp3) is 0.481.